The number of nitrogens with zero attached hydrogens (tertiary/aromatic N) is 1. The molecular weight excluding hydrogens is 360 g/mol. The lowest BCUT2D eigenvalue weighted by molar-refractivity contribution is -0.150. The molecule has 8 heteroatoms. The van der Waals surface area contributed by atoms with Gasteiger partial charge < -0.3 is 14.8 Å². The summed E-state index contributed by atoms with van der Waals surface area (Å²) in [4.78, 5) is 24.8. The monoisotopic (exact) mass is 376 g/mol. The van der Waals surface area contributed by atoms with Gasteiger partial charge in [-0.3, -0.25) is 9.59 Å². The molecule has 0 aliphatic carbocycles. The van der Waals surface area contributed by atoms with Gasteiger partial charge in [0.2, 0.25) is 0 Å². The number of ether oxygens (including phenoxy) is 2. The van der Waals surface area contributed by atoms with E-state index in [0.717, 1.165) is 10.6 Å². The van der Waals surface area contributed by atoms with Gasteiger partial charge in [0.05, 0.1) is 18.4 Å². The molecule has 1 N–H and O–H groups in total. The average molecular weight is 376 g/mol. The molecule has 130 valence electrons. The molecule has 0 fully saturated rings. The summed E-state index contributed by atoms with van der Waals surface area (Å²) in [6.07, 6.45) is -0.947. The van der Waals surface area contributed by atoms with E-state index in [2.05, 4.69) is 5.32 Å². The Bertz CT molecular complexity index is 781. The highest BCUT2D eigenvalue weighted by Gasteiger charge is 2.19. The lowest BCUT2D eigenvalue weighted by Crippen LogP contribution is -2.30. The number of nitriles is 1. The summed E-state index contributed by atoms with van der Waals surface area (Å²) >= 11 is 2.55. The maximum Gasteiger partial charge on any atom is 0.317 e. The van der Waals surface area contributed by atoms with Crippen LogP contribution in [-0.4, -0.2) is 30.8 Å². The zero-order chi connectivity index (χ0) is 18.2. The highest BCUT2D eigenvalue weighted by molar-refractivity contribution is 8.00. The van der Waals surface area contributed by atoms with E-state index >= 15 is 0 Å². The molecule has 1 aromatic heterocycles. The van der Waals surface area contributed by atoms with Gasteiger partial charge in [-0.2, -0.15) is 5.26 Å². The number of methoxy groups -OCH3 is 1. The minimum Gasteiger partial charge on any atom is -0.497 e. The van der Waals surface area contributed by atoms with Crippen LogP contribution in [0.3, 0.4) is 0 Å². The molecule has 0 unspecified atom stereocenters. The van der Waals surface area contributed by atoms with Gasteiger partial charge in [-0.15, -0.1) is 23.1 Å². The van der Waals surface area contributed by atoms with Gasteiger partial charge in [-0.25, -0.2) is 0 Å². The van der Waals surface area contributed by atoms with Crippen LogP contribution < -0.4 is 10.1 Å². The first-order chi connectivity index (χ1) is 12.0. The van der Waals surface area contributed by atoms with Crippen molar-refractivity contribution in [2.45, 2.75) is 17.9 Å². The molecule has 0 radical (unpaired) electrons. The molecule has 0 saturated heterocycles. The summed E-state index contributed by atoms with van der Waals surface area (Å²) in [5.41, 5.74) is 0.381. The average Bonchev–Trinajstić information content (AvgIpc) is 3.07. The van der Waals surface area contributed by atoms with E-state index in [9.17, 15) is 9.59 Å². The van der Waals surface area contributed by atoms with Crippen LogP contribution >= 0.6 is 23.1 Å². The first-order valence-corrected chi connectivity index (χ1v) is 9.14. The molecule has 2 aromatic rings. The standard InChI is InChI=1S/C17H16N2O4S2/c1-11(16(21)19-17-12(9-18)7-8-24-17)23-15(20)10-25-14-5-3-13(22-2)4-6-14/h3-8,11H,10H2,1-2H3,(H,19,21)/t11-/m0/s1. The highest BCUT2D eigenvalue weighted by atomic mass is 32.2. The Hall–Kier alpha value is -2.50. The molecule has 0 bridgehead atoms. The topological polar surface area (TPSA) is 88.4 Å². The third-order valence-electron chi connectivity index (χ3n) is 3.12. The maximum atomic E-state index is 12.0. The van der Waals surface area contributed by atoms with E-state index in [1.54, 1.807) is 30.7 Å². The molecule has 1 amide bonds. The number of thioether (sulfide) groups is 1. The summed E-state index contributed by atoms with van der Waals surface area (Å²) in [6.45, 7) is 1.49. The zero-order valence-corrected chi connectivity index (χ0v) is 15.3. The fraction of sp³-hybridized carbons (Fsp3) is 0.235. The van der Waals surface area contributed by atoms with E-state index in [1.165, 1.54) is 30.0 Å². The second-order valence-corrected chi connectivity index (χ2v) is 6.83. The molecule has 25 heavy (non-hydrogen) atoms. The number of amides is 1. The smallest absolute Gasteiger partial charge is 0.317 e. The summed E-state index contributed by atoms with van der Waals surface area (Å²) in [5, 5.41) is 13.7. The number of benzene rings is 1. The quantitative estimate of drug-likeness (QED) is 0.589. The number of nitrogens with one attached hydrogen (secondary N) is 1. The van der Waals surface area contributed by atoms with Crippen molar-refractivity contribution < 1.29 is 19.1 Å². The largest absolute Gasteiger partial charge is 0.497 e. The number of esters is 1. The van der Waals surface area contributed by atoms with Gasteiger partial charge in [0.1, 0.15) is 16.8 Å². The molecular formula is C17H16N2O4S2. The molecule has 1 aromatic carbocycles. The summed E-state index contributed by atoms with van der Waals surface area (Å²) in [7, 11) is 1.59. The Balaban J connectivity index is 1.80. The van der Waals surface area contributed by atoms with Crippen molar-refractivity contribution in [3.63, 3.8) is 0 Å². The first kappa shape index (κ1) is 18.8. The molecule has 0 saturated carbocycles. The van der Waals surface area contributed by atoms with Gasteiger partial charge in [-0.05, 0) is 42.6 Å². The Morgan fingerprint density at radius 1 is 1.32 bits per heavy atom. The van der Waals surface area contributed by atoms with Crippen LogP contribution in [0, 0.1) is 11.3 Å². The van der Waals surface area contributed by atoms with Crippen molar-refractivity contribution in [2.75, 3.05) is 18.2 Å². The highest BCUT2D eigenvalue weighted by Crippen LogP contribution is 2.23. The van der Waals surface area contributed by atoms with Crippen molar-refractivity contribution in [3.05, 3.63) is 41.3 Å². The molecule has 1 atom stereocenters. The van der Waals surface area contributed by atoms with Crippen LogP contribution in [0.15, 0.2) is 40.6 Å². The Morgan fingerprint density at radius 2 is 2.04 bits per heavy atom. The number of hydrogen-bond acceptors (Lipinski definition) is 7. The normalized spacial score (nSPS) is 11.2. The second kappa shape index (κ2) is 9.11. The molecule has 2 rings (SSSR count). The Morgan fingerprint density at radius 3 is 2.68 bits per heavy atom. The van der Waals surface area contributed by atoms with E-state index in [-0.39, 0.29) is 5.75 Å². The SMILES string of the molecule is COc1ccc(SCC(=O)O[C@@H](C)C(=O)Nc2sccc2C#N)cc1. The molecule has 0 aliphatic rings. The van der Waals surface area contributed by atoms with Crippen molar-refractivity contribution in [1.82, 2.24) is 0 Å². The number of rotatable bonds is 7. The lowest BCUT2D eigenvalue weighted by Gasteiger charge is -2.13. The second-order valence-electron chi connectivity index (χ2n) is 4.86. The van der Waals surface area contributed by atoms with Crippen LogP contribution in [0.4, 0.5) is 5.00 Å². The van der Waals surface area contributed by atoms with Crippen LogP contribution in [0.2, 0.25) is 0 Å². The number of carbonyl (C=O) groups is 2. The van der Waals surface area contributed by atoms with E-state index < -0.39 is 18.0 Å². The lowest BCUT2D eigenvalue weighted by atomic mass is 10.3. The number of thiophene rings is 1. The minimum atomic E-state index is -0.947. The molecule has 0 aliphatic heterocycles. The van der Waals surface area contributed by atoms with Crippen LogP contribution in [0.1, 0.15) is 12.5 Å². The molecule has 0 spiro atoms. The summed E-state index contributed by atoms with van der Waals surface area (Å²) < 4.78 is 10.2. The van der Waals surface area contributed by atoms with Gasteiger partial charge in [0.25, 0.3) is 5.91 Å². The summed E-state index contributed by atoms with van der Waals surface area (Å²) in [6, 6.07) is 10.9. The summed E-state index contributed by atoms with van der Waals surface area (Å²) in [5.74, 6) is -0.133. The fourth-order valence-electron chi connectivity index (χ4n) is 1.81. The predicted molar refractivity (Wildman–Crippen MR) is 96.9 cm³/mol. The van der Waals surface area contributed by atoms with E-state index in [4.69, 9.17) is 14.7 Å². The molecule has 6 nitrogen and oxygen atoms in total. The van der Waals surface area contributed by atoms with Crippen molar-refractivity contribution in [1.29, 1.82) is 5.26 Å². The van der Waals surface area contributed by atoms with Crippen molar-refractivity contribution in [2.24, 2.45) is 0 Å². The first-order valence-electron chi connectivity index (χ1n) is 7.28. The van der Waals surface area contributed by atoms with Crippen LogP contribution in [0.5, 0.6) is 5.75 Å². The van der Waals surface area contributed by atoms with E-state index in [0.29, 0.717) is 10.6 Å². The predicted octanol–water partition coefficient (Wildman–Crippen LogP) is 3.29. The van der Waals surface area contributed by atoms with Gasteiger partial charge >= 0.3 is 5.97 Å². The van der Waals surface area contributed by atoms with Gasteiger partial charge in [0.15, 0.2) is 6.10 Å². The van der Waals surface area contributed by atoms with Gasteiger partial charge in [-0.1, -0.05) is 0 Å². The fourth-order valence-corrected chi connectivity index (χ4v) is 3.23. The zero-order valence-electron chi connectivity index (χ0n) is 13.6. The Kier molecular flexibility index (Phi) is 6.86. The number of carbonyl (C=O) groups excluding carboxylic acids is 2. The van der Waals surface area contributed by atoms with Gasteiger partial charge in [0, 0.05) is 4.90 Å². The minimum absolute atomic E-state index is 0.0897. The maximum absolute atomic E-state index is 12.0. The number of anilines is 1. The van der Waals surface area contributed by atoms with Crippen molar-refractivity contribution >= 4 is 40.0 Å². The van der Waals surface area contributed by atoms with Crippen LogP contribution in [0.25, 0.3) is 0 Å². The Labute approximate surface area is 153 Å². The molecule has 1 heterocycles. The third kappa shape index (κ3) is 5.52. The van der Waals surface area contributed by atoms with Crippen molar-refractivity contribution in [3.8, 4) is 11.8 Å². The number of hydrogen-bond donors (Lipinski definition) is 1. The van der Waals surface area contributed by atoms with Crippen LogP contribution in [-0.2, 0) is 14.3 Å². The third-order valence-corrected chi connectivity index (χ3v) is 4.93. The van der Waals surface area contributed by atoms with E-state index in [1.807, 2.05) is 18.2 Å².